The van der Waals surface area contributed by atoms with Gasteiger partial charge in [0.1, 0.15) is 0 Å². The van der Waals surface area contributed by atoms with Crippen molar-refractivity contribution in [3.05, 3.63) is 59.7 Å². The van der Waals surface area contributed by atoms with Gasteiger partial charge in [0.05, 0.1) is 24.4 Å². The molecule has 4 nitrogen and oxygen atoms in total. The molecule has 4 heteroatoms. The summed E-state index contributed by atoms with van der Waals surface area (Å²) in [5.74, 6) is -0.186. The second kappa shape index (κ2) is 8.96. The third-order valence-electron chi connectivity index (χ3n) is 3.91. The third-order valence-corrected chi connectivity index (χ3v) is 3.91. The molecule has 3 N–H and O–H groups in total. The highest BCUT2D eigenvalue weighted by Gasteiger charge is 2.16. The van der Waals surface area contributed by atoms with Gasteiger partial charge in [-0.1, -0.05) is 36.4 Å². The van der Waals surface area contributed by atoms with Gasteiger partial charge >= 0.3 is 5.97 Å². The number of aryl methyl sites for hydroxylation is 2. The van der Waals surface area contributed by atoms with E-state index in [9.17, 15) is 4.79 Å². The number of hydrogen-bond donors (Lipinski definition) is 2. The lowest BCUT2D eigenvalue weighted by molar-refractivity contribution is -0.143. The topological polar surface area (TPSA) is 64.3 Å². The van der Waals surface area contributed by atoms with E-state index in [0.29, 0.717) is 18.7 Å². The smallest absolute Gasteiger partial charge is 0.307 e. The summed E-state index contributed by atoms with van der Waals surface area (Å²) in [5, 5.41) is 3.42. The fourth-order valence-corrected chi connectivity index (χ4v) is 2.65. The van der Waals surface area contributed by atoms with Gasteiger partial charge in [-0.25, -0.2) is 0 Å². The van der Waals surface area contributed by atoms with Crippen LogP contribution in [0, 0.1) is 6.92 Å². The van der Waals surface area contributed by atoms with Crippen molar-refractivity contribution in [3.8, 4) is 0 Å². The Labute approximate surface area is 144 Å². The van der Waals surface area contributed by atoms with Gasteiger partial charge < -0.3 is 15.8 Å². The van der Waals surface area contributed by atoms with Gasteiger partial charge in [-0.2, -0.15) is 0 Å². The zero-order valence-corrected chi connectivity index (χ0v) is 14.4. The maximum atomic E-state index is 11.9. The molecule has 0 spiro atoms. The standard InChI is InChI=1S/C20H26N2O2/c1-3-24-20(23)14-17(11-10-16-7-5-4-6-8-16)22-19-13-15(2)9-12-18(19)21/h4-9,12-13,17,22H,3,10-11,14,21H2,1-2H3/t17-/m0/s1. The Morgan fingerprint density at radius 2 is 1.96 bits per heavy atom. The summed E-state index contributed by atoms with van der Waals surface area (Å²) in [4.78, 5) is 11.9. The molecule has 0 amide bonds. The van der Waals surface area contributed by atoms with E-state index < -0.39 is 0 Å². The number of carbonyl (C=O) groups is 1. The van der Waals surface area contributed by atoms with E-state index in [1.54, 1.807) is 0 Å². The number of rotatable bonds is 8. The highest BCUT2D eigenvalue weighted by Crippen LogP contribution is 2.22. The highest BCUT2D eigenvalue weighted by atomic mass is 16.5. The molecule has 0 saturated carbocycles. The molecule has 0 aliphatic heterocycles. The van der Waals surface area contributed by atoms with Gasteiger partial charge in [0.15, 0.2) is 0 Å². The fraction of sp³-hybridized carbons (Fsp3) is 0.350. The number of hydrogen-bond acceptors (Lipinski definition) is 4. The van der Waals surface area contributed by atoms with Crippen molar-refractivity contribution < 1.29 is 9.53 Å². The molecule has 2 aromatic carbocycles. The minimum Gasteiger partial charge on any atom is -0.466 e. The Morgan fingerprint density at radius 3 is 2.67 bits per heavy atom. The van der Waals surface area contributed by atoms with Crippen molar-refractivity contribution in [1.82, 2.24) is 0 Å². The van der Waals surface area contributed by atoms with Crippen LogP contribution in [0.15, 0.2) is 48.5 Å². The monoisotopic (exact) mass is 326 g/mol. The highest BCUT2D eigenvalue weighted by molar-refractivity contribution is 5.72. The van der Waals surface area contributed by atoms with E-state index in [1.165, 1.54) is 5.56 Å². The molecule has 1 atom stereocenters. The molecule has 0 aliphatic carbocycles. The van der Waals surface area contributed by atoms with Gasteiger partial charge in [-0.05, 0) is 49.9 Å². The van der Waals surface area contributed by atoms with Crippen LogP contribution in [0.5, 0.6) is 0 Å². The summed E-state index contributed by atoms with van der Waals surface area (Å²) in [7, 11) is 0. The predicted molar refractivity (Wildman–Crippen MR) is 99.0 cm³/mol. The summed E-state index contributed by atoms with van der Waals surface area (Å²) >= 11 is 0. The zero-order chi connectivity index (χ0) is 17.4. The SMILES string of the molecule is CCOC(=O)C[C@H](CCc1ccccc1)Nc1cc(C)ccc1N. The first-order valence-corrected chi connectivity index (χ1v) is 8.40. The second-order valence-electron chi connectivity index (χ2n) is 5.97. The number of ether oxygens (including phenoxy) is 1. The second-order valence-corrected chi connectivity index (χ2v) is 5.97. The number of nitrogen functional groups attached to an aromatic ring is 1. The first kappa shape index (κ1) is 17.9. The summed E-state index contributed by atoms with van der Waals surface area (Å²) in [6.45, 7) is 4.24. The van der Waals surface area contributed by atoms with Crippen LogP contribution in [0.2, 0.25) is 0 Å². The van der Waals surface area contributed by atoms with Crippen molar-refractivity contribution >= 4 is 17.3 Å². The molecule has 2 rings (SSSR count). The molecule has 0 aliphatic rings. The zero-order valence-electron chi connectivity index (χ0n) is 14.4. The molecule has 24 heavy (non-hydrogen) atoms. The molecule has 2 aromatic rings. The number of nitrogens with one attached hydrogen (secondary N) is 1. The van der Waals surface area contributed by atoms with Crippen LogP contribution in [0.4, 0.5) is 11.4 Å². The van der Waals surface area contributed by atoms with E-state index >= 15 is 0 Å². The van der Waals surface area contributed by atoms with Gasteiger partial charge in [-0.3, -0.25) is 4.79 Å². The van der Waals surface area contributed by atoms with Crippen LogP contribution in [0.25, 0.3) is 0 Å². The first-order chi connectivity index (χ1) is 11.6. The van der Waals surface area contributed by atoms with Crippen molar-refractivity contribution in [3.63, 3.8) is 0 Å². The quantitative estimate of drug-likeness (QED) is 0.569. The van der Waals surface area contributed by atoms with Crippen LogP contribution in [-0.4, -0.2) is 18.6 Å². The van der Waals surface area contributed by atoms with E-state index in [2.05, 4.69) is 17.4 Å². The number of benzene rings is 2. The lowest BCUT2D eigenvalue weighted by Crippen LogP contribution is -2.25. The fourth-order valence-electron chi connectivity index (χ4n) is 2.65. The van der Waals surface area contributed by atoms with Gasteiger partial charge in [0.2, 0.25) is 0 Å². The Kier molecular flexibility index (Phi) is 6.67. The Hall–Kier alpha value is -2.49. The minimum atomic E-state index is -0.186. The Morgan fingerprint density at radius 1 is 1.21 bits per heavy atom. The Balaban J connectivity index is 2.06. The van der Waals surface area contributed by atoms with Crippen LogP contribution < -0.4 is 11.1 Å². The van der Waals surface area contributed by atoms with Crippen LogP contribution in [-0.2, 0) is 16.0 Å². The van der Waals surface area contributed by atoms with Gasteiger partial charge in [-0.15, -0.1) is 0 Å². The molecular formula is C20H26N2O2. The van der Waals surface area contributed by atoms with E-state index in [4.69, 9.17) is 10.5 Å². The number of esters is 1. The molecule has 128 valence electrons. The number of anilines is 2. The van der Waals surface area contributed by atoms with E-state index in [-0.39, 0.29) is 12.0 Å². The lowest BCUT2D eigenvalue weighted by Gasteiger charge is -2.21. The Bertz CT molecular complexity index is 656. The van der Waals surface area contributed by atoms with Crippen LogP contribution >= 0.6 is 0 Å². The van der Waals surface area contributed by atoms with Gasteiger partial charge in [0, 0.05) is 6.04 Å². The summed E-state index contributed by atoms with van der Waals surface area (Å²) < 4.78 is 5.11. The summed E-state index contributed by atoms with van der Waals surface area (Å²) in [5.41, 5.74) is 10.0. The molecule has 0 heterocycles. The van der Waals surface area contributed by atoms with Crippen molar-refractivity contribution in [2.45, 2.75) is 39.2 Å². The van der Waals surface area contributed by atoms with Crippen LogP contribution in [0.1, 0.15) is 30.9 Å². The largest absolute Gasteiger partial charge is 0.466 e. The molecule has 0 unspecified atom stereocenters. The van der Waals surface area contributed by atoms with Gasteiger partial charge in [0.25, 0.3) is 0 Å². The first-order valence-electron chi connectivity index (χ1n) is 8.40. The lowest BCUT2D eigenvalue weighted by atomic mass is 10.0. The third kappa shape index (κ3) is 5.61. The van der Waals surface area contributed by atoms with Crippen molar-refractivity contribution in [2.75, 3.05) is 17.7 Å². The predicted octanol–water partition coefficient (Wildman–Crippen LogP) is 3.94. The molecule has 0 fully saturated rings. The van der Waals surface area contributed by atoms with Crippen molar-refractivity contribution in [2.24, 2.45) is 0 Å². The van der Waals surface area contributed by atoms with E-state index in [1.807, 2.05) is 50.2 Å². The number of carbonyl (C=O) groups excluding carboxylic acids is 1. The summed E-state index contributed by atoms with van der Waals surface area (Å²) in [6, 6.07) is 16.1. The number of nitrogens with two attached hydrogens (primary N) is 1. The van der Waals surface area contributed by atoms with Crippen LogP contribution in [0.3, 0.4) is 0 Å². The minimum absolute atomic E-state index is 0.0200. The molecule has 0 radical (unpaired) electrons. The van der Waals surface area contributed by atoms with Crippen molar-refractivity contribution in [1.29, 1.82) is 0 Å². The molecular weight excluding hydrogens is 300 g/mol. The molecule has 0 bridgehead atoms. The molecule has 0 saturated heterocycles. The summed E-state index contributed by atoms with van der Waals surface area (Å²) in [6.07, 6.45) is 2.05. The van der Waals surface area contributed by atoms with E-state index in [0.717, 1.165) is 24.1 Å². The maximum Gasteiger partial charge on any atom is 0.307 e. The molecule has 0 aromatic heterocycles. The maximum absolute atomic E-state index is 11.9. The average molecular weight is 326 g/mol. The average Bonchev–Trinajstić information content (AvgIpc) is 2.57. The normalized spacial score (nSPS) is 11.8.